The van der Waals surface area contributed by atoms with Gasteiger partial charge in [-0.3, -0.25) is 10.1 Å². The second-order valence-corrected chi connectivity index (χ2v) is 6.55. The number of rotatable bonds is 6. The number of thiazole rings is 1. The molecule has 1 heterocycles. The zero-order chi connectivity index (χ0) is 19.3. The summed E-state index contributed by atoms with van der Waals surface area (Å²) in [5, 5.41) is 4.09. The van der Waals surface area contributed by atoms with Crippen LogP contribution in [0.15, 0.2) is 29.6 Å². The zero-order valence-electron chi connectivity index (χ0n) is 14.5. The molecule has 1 atom stereocenters. The van der Waals surface area contributed by atoms with Crippen LogP contribution in [-0.4, -0.2) is 36.1 Å². The maximum absolute atomic E-state index is 12.3. The molecule has 0 aliphatic carbocycles. The molecule has 0 aliphatic heterocycles. The van der Waals surface area contributed by atoms with Gasteiger partial charge in [-0.1, -0.05) is 13.8 Å². The highest BCUT2D eigenvalue weighted by atomic mass is 32.1. The van der Waals surface area contributed by atoms with E-state index in [4.69, 9.17) is 15.2 Å². The molecule has 26 heavy (non-hydrogen) atoms. The van der Waals surface area contributed by atoms with E-state index in [0.29, 0.717) is 10.8 Å². The average molecular weight is 377 g/mol. The molecule has 9 heteroatoms. The summed E-state index contributed by atoms with van der Waals surface area (Å²) in [6.45, 7) is 3.37. The number of carbonyl (C=O) groups excluding carboxylic acids is 3. The number of hydrogen-bond acceptors (Lipinski definition) is 7. The van der Waals surface area contributed by atoms with Crippen molar-refractivity contribution < 1.29 is 23.9 Å². The molecule has 2 rings (SSSR count). The third-order valence-corrected chi connectivity index (χ3v) is 4.29. The van der Waals surface area contributed by atoms with Gasteiger partial charge in [0.1, 0.15) is 10.8 Å². The van der Waals surface area contributed by atoms with Crippen LogP contribution < -0.4 is 15.8 Å². The molecule has 0 bridgehead atoms. The number of imide groups is 1. The highest BCUT2D eigenvalue weighted by Crippen LogP contribution is 2.26. The Bertz CT molecular complexity index is 801. The van der Waals surface area contributed by atoms with E-state index in [1.807, 2.05) is 17.4 Å². The Balaban J connectivity index is 2.12. The summed E-state index contributed by atoms with van der Waals surface area (Å²) >= 11 is 1.27. The van der Waals surface area contributed by atoms with Gasteiger partial charge in [0.2, 0.25) is 0 Å². The van der Waals surface area contributed by atoms with Crippen molar-refractivity contribution in [3.63, 3.8) is 0 Å². The fourth-order valence-electron chi connectivity index (χ4n) is 2.09. The Hall–Kier alpha value is -2.94. The van der Waals surface area contributed by atoms with Crippen molar-refractivity contribution in [1.29, 1.82) is 0 Å². The van der Waals surface area contributed by atoms with Crippen LogP contribution in [0.1, 0.15) is 24.3 Å². The maximum atomic E-state index is 12.3. The standard InChI is InChI=1S/C17H19N3O5S/c1-9(2)13(14(21)20-17(18)23)25-16(22)12-8-26-15(19-12)10-4-6-11(24-3)7-5-10/h4-9,13H,1-3H3,(H3,18,20,21,23). The number of carbonyl (C=O) groups is 3. The van der Waals surface area contributed by atoms with Crippen LogP contribution in [0.3, 0.4) is 0 Å². The molecule has 8 nitrogen and oxygen atoms in total. The van der Waals surface area contributed by atoms with Crippen molar-refractivity contribution in [3.05, 3.63) is 35.3 Å². The van der Waals surface area contributed by atoms with E-state index in [1.165, 1.54) is 11.3 Å². The number of aromatic nitrogens is 1. The van der Waals surface area contributed by atoms with Crippen LogP contribution in [0, 0.1) is 5.92 Å². The summed E-state index contributed by atoms with van der Waals surface area (Å²) in [6.07, 6.45) is -1.15. The van der Waals surface area contributed by atoms with Crippen LogP contribution >= 0.6 is 11.3 Å². The first-order chi connectivity index (χ1) is 12.3. The molecule has 0 fully saturated rings. The van der Waals surface area contributed by atoms with Crippen molar-refractivity contribution in [2.45, 2.75) is 20.0 Å². The number of esters is 1. The number of nitrogens with two attached hydrogens (primary N) is 1. The molecular formula is C17H19N3O5S. The van der Waals surface area contributed by atoms with E-state index in [2.05, 4.69) is 4.98 Å². The number of benzene rings is 1. The Morgan fingerprint density at radius 1 is 1.19 bits per heavy atom. The van der Waals surface area contributed by atoms with Crippen LogP contribution in [0.5, 0.6) is 5.75 Å². The van der Waals surface area contributed by atoms with Gasteiger partial charge in [-0.2, -0.15) is 0 Å². The van der Waals surface area contributed by atoms with Gasteiger partial charge in [0.05, 0.1) is 7.11 Å². The summed E-state index contributed by atoms with van der Waals surface area (Å²) in [5.41, 5.74) is 5.83. The number of methoxy groups -OCH3 is 1. The van der Waals surface area contributed by atoms with Crippen LogP contribution in [0.2, 0.25) is 0 Å². The molecule has 0 spiro atoms. The molecule has 0 saturated carbocycles. The number of urea groups is 1. The van der Waals surface area contributed by atoms with Crippen molar-refractivity contribution >= 4 is 29.2 Å². The quantitative estimate of drug-likeness (QED) is 0.745. The van der Waals surface area contributed by atoms with E-state index in [-0.39, 0.29) is 11.6 Å². The molecule has 0 saturated heterocycles. The fourth-order valence-corrected chi connectivity index (χ4v) is 2.89. The number of nitrogens with one attached hydrogen (secondary N) is 1. The van der Waals surface area contributed by atoms with E-state index >= 15 is 0 Å². The van der Waals surface area contributed by atoms with Gasteiger partial charge in [-0.15, -0.1) is 11.3 Å². The second-order valence-electron chi connectivity index (χ2n) is 5.69. The molecule has 1 aromatic carbocycles. The summed E-state index contributed by atoms with van der Waals surface area (Å²) < 4.78 is 10.3. The normalized spacial score (nSPS) is 11.7. The molecule has 3 amide bonds. The predicted octanol–water partition coefficient (Wildman–Crippen LogP) is 2.20. The van der Waals surface area contributed by atoms with Gasteiger partial charge in [-0.05, 0) is 30.2 Å². The summed E-state index contributed by atoms with van der Waals surface area (Å²) in [6, 6.07) is 6.22. The Kier molecular flexibility index (Phi) is 6.29. The third kappa shape index (κ3) is 4.79. The van der Waals surface area contributed by atoms with E-state index < -0.39 is 24.0 Å². The third-order valence-electron chi connectivity index (χ3n) is 3.39. The minimum atomic E-state index is -1.15. The van der Waals surface area contributed by atoms with Gasteiger partial charge >= 0.3 is 12.0 Å². The lowest BCUT2D eigenvalue weighted by Gasteiger charge is -2.19. The number of primary amides is 1. The fraction of sp³-hybridized carbons (Fsp3) is 0.294. The lowest BCUT2D eigenvalue weighted by atomic mass is 10.1. The maximum Gasteiger partial charge on any atom is 0.358 e. The van der Waals surface area contributed by atoms with Crippen LogP contribution in [0.4, 0.5) is 4.79 Å². The first-order valence-corrected chi connectivity index (χ1v) is 8.61. The molecule has 3 N–H and O–H groups in total. The van der Waals surface area contributed by atoms with E-state index in [1.54, 1.807) is 38.5 Å². The lowest BCUT2D eigenvalue weighted by Crippen LogP contribution is -2.45. The minimum absolute atomic E-state index is 0.0818. The van der Waals surface area contributed by atoms with Crippen LogP contribution in [0.25, 0.3) is 10.6 Å². The first-order valence-electron chi connectivity index (χ1n) is 7.73. The van der Waals surface area contributed by atoms with Gasteiger partial charge < -0.3 is 15.2 Å². The van der Waals surface area contributed by atoms with Crippen molar-refractivity contribution in [1.82, 2.24) is 10.3 Å². The molecular weight excluding hydrogens is 358 g/mol. The number of nitrogens with zero attached hydrogens (tertiary/aromatic N) is 1. The van der Waals surface area contributed by atoms with Gasteiger partial charge in [0, 0.05) is 10.9 Å². The highest BCUT2D eigenvalue weighted by Gasteiger charge is 2.28. The smallest absolute Gasteiger partial charge is 0.358 e. The van der Waals surface area contributed by atoms with Crippen molar-refractivity contribution in [2.24, 2.45) is 11.7 Å². The number of hydrogen-bond donors (Lipinski definition) is 2. The topological polar surface area (TPSA) is 121 Å². The molecule has 0 radical (unpaired) electrons. The van der Waals surface area contributed by atoms with E-state index in [0.717, 1.165) is 5.56 Å². The van der Waals surface area contributed by atoms with Gasteiger partial charge in [0.25, 0.3) is 5.91 Å². The van der Waals surface area contributed by atoms with Gasteiger partial charge in [-0.25, -0.2) is 14.6 Å². The summed E-state index contributed by atoms with van der Waals surface area (Å²) in [7, 11) is 1.58. The number of amides is 3. The molecule has 1 aromatic heterocycles. The van der Waals surface area contributed by atoms with Crippen LogP contribution in [-0.2, 0) is 9.53 Å². The monoisotopic (exact) mass is 377 g/mol. The minimum Gasteiger partial charge on any atom is -0.497 e. The summed E-state index contributed by atoms with van der Waals surface area (Å²) in [5.74, 6) is -1.16. The van der Waals surface area contributed by atoms with Crippen molar-refractivity contribution in [2.75, 3.05) is 7.11 Å². The Morgan fingerprint density at radius 3 is 2.38 bits per heavy atom. The summed E-state index contributed by atoms with van der Waals surface area (Å²) in [4.78, 5) is 39.3. The SMILES string of the molecule is COc1ccc(-c2nc(C(=O)OC(C(=O)NC(N)=O)C(C)C)cs2)cc1. The molecule has 0 aliphatic rings. The zero-order valence-corrected chi connectivity index (χ0v) is 15.3. The highest BCUT2D eigenvalue weighted by molar-refractivity contribution is 7.13. The van der Waals surface area contributed by atoms with Crippen molar-refractivity contribution in [3.8, 4) is 16.3 Å². The number of ether oxygens (including phenoxy) is 2. The van der Waals surface area contributed by atoms with E-state index in [9.17, 15) is 14.4 Å². The molecule has 138 valence electrons. The Morgan fingerprint density at radius 2 is 1.85 bits per heavy atom. The average Bonchev–Trinajstić information content (AvgIpc) is 3.08. The lowest BCUT2D eigenvalue weighted by molar-refractivity contribution is -0.130. The van der Waals surface area contributed by atoms with Gasteiger partial charge in [0.15, 0.2) is 11.8 Å². The molecule has 1 unspecified atom stereocenters. The Labute approximate surface area is 154 Å². The largest absolute Gasteiger partial charge is 0.497 e. The predicted molar refractivity (Wildman–Crippen MR) is 95.9 cm³/mol. The first kappa shape index (κ1) is 19.4. The molecule has 2 aromatic rings. The second kappa shape index (κ2) is 8.43.